The third-order valence-electron chi connectivity index (χ3n) is 5.22. The van der Waals surface area contributed by atoms with Crippen molar-refractivity contribution < 1.29 is 9.47 Å². The first-order chi connectivity index (χ1) is 10.8. The van der Waals surface area contributed by atoms with Gasteiger partial charge in [-0.15, -0.1) is 0 Å². The van der Waals surface area contributed by atoms with E-state index in [4.69, 9.17) is 9.47 Å². The second-order valence-corrected chi connectivity index (χ2v) is 6.63. The van der Waals surface area contributed by atoms with Gasteiger partial charge < -0.3 is 14.8 Å². The molecule has 1 aromatic carbocycles. The van der Waals surface area contributed by atoms with Crippen LogP contribution < -0.4 is 10.1 Å². The summed E-state index contributed by atoms with van der Waals surface area (Å²) in [5, 5.41) is 3.78. The molecule has 1 N–H and O–H groups in total. The van der Waals surface area contributed by atoms with Gasteiger partial charge >= 0.3 is 0 Å². The highest BCUT2D eigenvalue weighted by Gasteiger charge is 2.29. The zero-order valence-corrected chi connectivity index (χ0v) is 13.9. The molecule has 1 unspecified atom stereocenters. The molecular weight excluding hydrogens is 274 g/mol. The zero-order valence-electron chi connectivity index (χ0n) is 13.9. The van der Waals surface area contributed by atoms with Crippen molar-refractivity contribution in [1.29, 1.82) is 0 Å². The van der Waals surface area contributed by atoms with Crippen molar-refractivity contribution >= 4 is 0 Å². The predicted octanol–water partition coefficient (Wildman–Crippen LogP) is 3.87. The summed E-state index contributed by atoms with van der Waals surface area (Å²) in [7, 11) is 1.78. The molecule has 0 spiro atoms. The molecule has 0 radical (unpaired) electrons. The molecule has 2 aliphatic rings. The zero-order chi connectivity index (χ0) is 15.4. The van der Waals surface area contributed by atoms with E-state index in [9.17, 15) is 0 Å². The van der Waals surface area contributed by atoms with Gasteiger partial charge in [-0.3, -0.25) is 0 Å². The number of nitrogens with one attached hydrogen (secondary N) is 1. The van der Waals surface area contributed by atoms with Crippen molar-refractivity contribution in [2.45, 2.75) is 57.6 Å². The molecule has 0 aromatic heterocycles. The molecule has 2 aliphatic carbocycles. The molecule has 0 heterocycles. The molecule has 122 valence electrons. The van der Waals surface area contributed by atoms with E-state index in [0.29, 0.717) is 12.1 Å². The van der Waals surface area contributed by atoms with Gasteiger partial charge in [0.2, 0.25) is 0 Å². The molecule has 0 bridgehead atoms. The number of benzene rings is 1. The summed E-state index contributed by atoms with van der Waals surface area (Å²) in [6.45, 7) is 4.06. The highest BCUT2D eigenvalue weighted by atomic mass is 16.5. The fraction of sp³-hybridized carbons (Fsp3) is 0.684. The van der Waals surface area contributed by atoms with E-state index in [0.717, 1.165) is 31.2 Å². The van der Waals surface area contributed by atoms with Crippen LogP contribution in [0.2, 0.25) is 0 Å². The number of rotatable bonds is 7. The summed E-state index contributed by atoms with van der Waals surface area (Å²) in [6.07, 6.45) is 7.97. The van der Waals surface area contributed by atoms with Gasteiger partial charge in [0.25, 0.3) is 0 Å². The van der Waals surface area contributed by atoms with Crippen LogP contribution in [0, 0.1) is 5.92 Å². The number of hydrogen-bond acceptors (Lipinski definition) is 3. The number of fused-ring (bicyclic) bond motifs is 1. The van der Waals surface area contributed by atoms with Crippen LogP contribution in [0.3, 0.4) is 0 Å². The van der Waals surface area contributed by atoms with Crippen LogP contribution in [-0.4, -0.2) is 26.4 Å². The largest absolute Gasteiger partial charge is 0.496 e. The molecule has 1 aromatic rings. The molecule has 1 saturated carbocycles. The fourth-order valence-corrected chi connectivity index (χ4v) is 3.96. The monoisotopic (exact) mass is 303 g/mol. The van der Waals surface area contributed by atoms with Crippen molar-refractivity contribution in [3.05, 3.63) is 29.3 Å². The third kappa shape index (κ3) is 3.47. The minimum Gasteiger partial charge on any atom is -0.496 e. The lowest BCUT2D eigenvalue weighted by atomic mass is 9.80. The van der Waals surface area contributed by atoms with E-state index < -0.39 is 0 Å². The Hall–Kier alpha value is -1.06. The fourth-order valence-electron chi connectivity index (χ4n) is 3.96. The smallest absolute Gasteiger partial charge is 0.122 e. The summed E-state index contributed by atoms with van der Waals surface area (Å²) in [6, 6.07) is 6.98. The van der Waals surface area contributed by atoms with E-state index in [1.165, 1.54) is 43.2 Å². The van der Waals surface area contributed by atoms with Crippen LogP contribution in [0.15, 0.2) is 18.2 Å². The topological polar surface area (TPSA) is 30.5 Å². The van der Waals surface area contributed by atoms with E-state index in [1.807, 2.05) is 0 Å². The van der Waals surface area contributed by atoms with Crippen LogP contribution >= 0.6 is 0 Å². The van der Waals surface area contributed by atoms with Gasteiger partial charge in [0, 0.05) is 12.6 Å². The van der Waals surface area contributed by atoms with Gasteiger partial charge in [0.15, 0.2) is 0 Å². The Bertz CT molecular complexity index is 482. The minimum atomic E-state index is 0.501. The molecule has 0 aliphatic heterocycles. The van der Waals surface area contributed by atoms with Crippen LogP contribution in [0.25, 0.3) is 0 Å². The predicted molar refractivity (Wildman–Crippen MR) is 89.4 cm³/mol. The normalized spacial score (nSPS) is 27.1. The Morgan fingerprint density at radius 1 is 1.27 bits per heavy atom. The maximum atomic E-state index is 5.64. The molecule has 1 fully saturated rings. The second kappa shape index (κ2) is 7.47. The van der Waals surface area contributed by atoms with Gasteiger partial charge in [-0.2, -0.15) is 0 Å². The summed E-state index contributed by atoms with van der Waals surface area (Å²) in [4.78, 5) is 0. The summed E-state index contributed by atoms with van der Waals surface area (Å²) < 4.78 is 11.2. The molecule has 1 atom stereocenters. The van der Waals surface area contributed by atoms with Gasteiger partial charge in [0.1, 0.15) is 5.75 Å². The Morgan fingerprint density at radius 2 is 2.14 bits per heavy atom. The van der Waals surface area contributed by atoms with Crippen molar-refractivity contribution in [2.75, 3.05) is 20.3 Å². The lowest BCUT2D eigenvalue weighted by Gasteiger charge is -2.35. The maximum absolute atomic E-state index is 5.64. The minimum absolute atomic E-state index is 0.501. The van der Waals surface area contributed by atoms with Crippen molar-refractivity contribution in [3.63, 3.8) is 0 Å². The van der Waals surface area contributed by atoms with E-state index in [-0.39, 0.29) is 0 Å². The van der Waals surface area contributed by atoms with Gasteiger partial charge in [-0.25, -0.2) is 0 Å². The van der Waals surface area contributed by atoms with Crippen LogP contribution in [0.1, 0.15) is 56.2 Å². The highest BCUT2D eigenvalue weighted by Crippen LogP contribution is 2.36. The van der Waals surface area contributed by atoms with E-state index in [2.05, 4.69) is 30.4 Å². The Morgan fingerprint density at radius 3 is 2.91 bits per heavy atom. The van der Waals surface area contributed by atoms with Crippen LogP contribution in [-0.2, 0) is 11.2 Å². The van der Waals surface area contributed by atoms with Gasteiger partial charge in [0.05, 0.1) is 13.2 Å². The van der Waals surface area contributed by atoms with E-state index in [1.54, 1.807) is 7.11 Å². The Kier molecular flexibility index (Phi) is 5.37. The first-order valence-corrected chi connectivity index (χ1v) is 8.82. The van der Waals surface area contributed by atoms with Gasteiger partial charge in [-0.1, -0.05) is 12.1 Å². The Balaban J connectivity index is 1.49. The average Bonchev–Trinajstić information content (AvgIpc) is 2.52. The maximum Gasteiger partial charge on any atom is 0.122 e. The molecule has 3 rings (SSSR count). The quantitative estimate of drug-likeness (QED) is 0.829. The summed E-state index contributed by atoms with van der Waals surface area (Å²) >= 11 is 0. The standard InChI is InChI=1S/C19H29NO2/c1-3-22-15-12-14(13-15)10-11-20-18-8-4-7-17-16(18)6-5-9-19(17)21-2/h5-6,9,14-15,18,20H,3-4,7-8,10-13H2,1-2H3. The first kappa shape index (κ1) is 15.8. The highest BCUT2D eigenvalue weighted by molar-refractivity contribution is 5.43. The number of hydrogen-bond donors (Lipinski definition) is 1. The second-order valence-electron chi connectivity index (χ2n) is 6.63. The van der Waals surface area contributed by atoms with Crippen molar-refractivity contribution in [3.8, 4) is 5.75 Å². The lowest BCUT2D eigenvalue weighted by Crippen LogP contribution is -2.34. The molecule has 3 heteroatoms. The number of methoxy groups -OCH3 is 1. The van der Waals surface area contributed by atoms with Gasteiger partial charge in [-0.05, 0) is 75.1 Å². The van der Waals surface area contributed by atoms with Crippen LogP contribution in [0.4, 0.5) is 0 Å². The third-order valence-corrected chi connectivity index (χ3v) is 5.22. The molecular formula is C19H29NO2. The average molecular weight is 303 g/mol. The molecule has 0 saturated heterocycles. The van der Waals surface area contributed by atoms with Crippen LogP contribution in [0.5, 0.6) is 5.75 Å². The summed E-state index contributed by atoms with van der Waals surface area (Å²) in [5.74, 6) is 1.92. The first-order valence-electron chi connectivity index (χ1n) is 8.82. The summed E-state index contributed by atoms with van der Waals surface area (Å²) in [5.41, 5.74) is 2.86. The molecule has 3 nitrogen and oxygen atoms in total. The Labute approximate surface area is 134 Å². The number of ether oxygens (including phenoxy) is 2. The SMILES string of the molecule is CCOC1CC(CCNC2CCCc3c(OC)cccc32)C1. The van der Waals surface area contributed by atoms with E-state index >= 15 is 0 Å². The van der Waals surface area contributed by atoms with Crippen molar-refractivity contribution in [1.82, 2.24) is 5.32 Å². The molecule has 22 heavy (non-hydrogen) atoms. The lowest BCUT2D eigenvalue weighted by molar-refractivity contribution is -0.0264. The molecule has 0 amide bonds. The van der Waals surface area contributed by atoms with Crippen molar-refractivity contribution in [2.24, 2.45) is 5.92 Å².